The molecule has 3 N–H and O–H groups in total. The zero-order chi connectivity index (χ0) is 30.0. The van der Waals surface area contributed by atoms with Crippen LogP contribution in [0.3, 0.4) is 0 Å². The Morgan fingerprint density at radius 1 is 1.19 bits per heavy atom. The number of benzene rings is 3. The van der Waals surface area contributed by atoms with Crippen molar-refractivity contribution in [3.8, 4) is 5.75 Å². The van der Waals surface area contributed by atoms with Gasteiger partial charge in [0.2, 0.25) is 5.90 Å². The largest absolute Gasteiger partial charge is 0.494 e. The maximum Gasteiger partial charge on any atom is 0.266 e. The molecule has 0 fully saturated rings. The van der Waals surface area contributed by atoms with Crippen molar-refractivity contribution in [2.45, 2.75) is 37.6 Å². The Hall–Kier alpha value is -4.77. The fourth-order valence-corrected chi connectivity index (χ4v) is 4.60. The van der Waals surface area contributed by atoms with E-state index in [-0.39, 0.29) is 37.6 Å². The number of rotatable bonds is 14. The van der Waals surface area contributed by atoms with Gasteiger partial charge in [-0.05, 0) is 58.6 Å². The van der Waals surface area contributed by atoms with Crippen LogP contribution in [0.4, 0.5) is 8.78 Å². The molecule has 1 amide bonds. The summed E-state index contributed by atoms with van der Waals surface area (Å²) in [5.74, 6) is -1.25. The Labute approximate surface area is 241 Å². The van der Waals surface area contributed by atoms with Gasteiger partial charge in [-0.1, -0.05) is 35.5 Å². The molecule has 0 aliphatic carbocycles. The SMILES string of the molecule is C=CC[C@]1(C(=O)NNCc2cc(F)cc(F)c2)N=C(c2ccc(OCCCO)cc2)O[C@H]1c1ccccc1CN=[N+]=[N-]. The minimum absolute atomic E-state index is 0.0205. The summed E-state index contributed by atoms with van der Waals surface area (Å²) in [6.07, 6.45) is 1.18. The van der Waals surface area contributed by atoms with E-state index in [1.807, 2.05) is 0 Å². The van der Waals surface area contributed by atoms with Crippen molar-refractivity contribution in [3.05, 3.63) is 124 Å². The van der Waals surface area contributed by atoms with E-state index in [1.54, 1.807) is 54.6 Å². The summed E-state index contributed by atoms with van der Waals surface area (Å²) in [5, 5.41) is 12.7. The van der Waals surface area contributed by atoms with Gasteiger partial charge in [0, 0.05) is 42.5 Å². The second kappa shape index (κ2) is 14.2. The zero-order valence-electron chi connectivity index (χ0n) is 22.7. The van der Waals surface area contributed by atoms with Gasteiger partial charge in [-0.2, -0.15) is 0 Å². The molecule has 218 valence electrons. The van der Waals surface area contributed by atoms with Crippen molar-refractivity contribution in [3.63, 3.8) is 0 Å². The quantitative estimate of drug-likeness (QED) is 0.0605. The monoisotopic (exact) mass is 576 g/mol. The second-order valence-electron chi connectivity index (χ2n) is 9.46. The van der Waals surface area contributed by atoms with E-state index in [1.165, 1.54) is 0 Å². The van der Waals surface area contributed by atoms with Gasteiger partial charge in [0.05, 0.1) is 13.2 Å². The Balaban J connectivity index is 1.68. The second-order valence-corrected chi connectivity index (χ2v) is 9.46. The van der Waals surface area contributed by atoms with Gasteiger partial charge in [-0.3, -0.25) is 10.2 Å². The van der Waals surface area contributed by atoms with Crippen LogP contribution >= 0.6 is 0 Å². The van der Waals surface area contributed by atoms with E-state index >= 15 is 0 Å². The lowest BCUT2D eigenvalue weighted by atomic mass is 9.83. The van der Waals surface area contributed by atoms with Crippen LogP contribution in [0, 0.1) is 11.6 Å². The van der Waals surface area contributed by atoms with Gasteiger partial charge in [0.15, 0.2) is 11.6 Å². The third kappa shape index (κ3) is 7.10. The number of hydrogen-bond donors (Lipinski definition) is 3. The summed E-state index contributed by atoms with van der Waals surface area (Å²) in [7, 11) is 0. The molecular formula is C30H30F2N6O4. The van der Waals surface area contributed by atoms with Gasteiger partial charge >= 0.3 is 0 Å². The molecule has 1 aliphatic heterocycles. The maximum atomic E-state index is 13.9. The van der Waals surface area contributed by atoms with Gasteiger partial charge < -0.3 is 14.6 Å². The third-order valence-electron chi connectivity index (χ3n) is 6.54. The average Bonchev–Trinajstić information content (AvgIpc) is 3.36. The first-order valence-electron chi connectivity index (χ1n) is 13.2. The Morgan fingerprint density at radius 2 is 1.93 bits per heavy atom. The molecule has 4 rings (SSSR count). The highest BCUT2D eigenvalue weighted by Crippen LogP contribution is 2.44. The lowest BCUT2D eigenvalue weighted by molar-refractivity contribution is -0.129. The summed E-state index contributed by atoms with van der Waals surface area (Å²) in [6, 6.07) is 17.1. The first-order chi connectivity index (χ1) is 20.4. The predicted molar refractivity (Wildman–Crippen MR) is 152 cm³/mol. The number of aliphatic hydroxyl groups is 1. The average molecular weight is 577 g/mol. The number of nitrogens with one attached hydrogen (secondary N) is 2. The van der Waals surface area contributed by atoms with E-state index in [4.69, 9.17) is 25.1 Å². The molecule has 1 aliphatic rings. The number of aliphatic hydroxyl groups excluding tert-OH is 1. The van der Waals surface area contributed by atoms with Gasteiger partial charge in [0.25, 0.3) is 5.91 Å². The smallest absolute Gasteiger partial charge is 0.266 e. The molecule has 2 atom stereocenters. The van der Waals surface area contributed by atoms with Crippen LogP contribution in [0.25, 0.3) is 10.4 Å². The fraction of sp³-hybridized carbons (Fsp3) is 0.267. The minimum atomic E-state index is -1.54. The van der Waals surface area contributed by atoms with Crippen molar-refractivity contribution in [2.75, 3.05) is 13.2 Å². The molecule has 1 heterocycles. The van der Waals surface area contributed by atoms with Crippen LogP contribution in [0.2, 0.25) is 0 Å². The molecular weight excluding hydrogens is 546 g/mol. The Morgan fingerprint density at radius 3 is 2.62 bits per heavy atom. The number of azide groups is 1. The molecule has 3 aromatic carbocycles. The number of hydrazine groups is 1. The summed E-state index contributed by atoms with van der Waals surface area (Å²) in [4.78, 5) is 21.5. The Bertz CT molecular complexity index is 1470. The lowest BCUT2D eigenvalue weighted by Gasteiger charge is -2.30. The molecule has 42 heavy (non-hydrogen) atoms. The number of ether oxygens (including phenoxy) is 2. The van der Waals surface area contributed by atoms with E-state index in [9.17, 15) is 13.6 Å². The molecule has 0 bridgehead atoms. The molecule has 3 aromatic rings. The lowest BCUT2D eigenvalue weighted by Crippen LogP contribution is -2.52. The molecule has 12 heteroatoms. The van der Waals surface area contributed by atoms with Gasteiger partial charge in [-0.25, -0.2) is 19.2 Å². The number of carbonyl (C=O) groups is 1. The van der Waals surface area contributed by atoms with Crippen molar-refractivity contribution < 1.29 is 28.2 Å². The third-order valence-corrected chi connectivity index (χ3v) is 6.54. The molecule has 0 saturated carbocycles. The molecule has 10 nitrogen and oxygen atoms in total. The van der Waals surface area contributed by atoms with E-state index in [0.717, 1.165) is 18.2 Å². The van der Waals surface area contributed by atoms with Crippen LogP contribution < -0.4 is 15.6 Å². The van der Waals surface area contributed by atoms with Crippen molar-refractivity contribution in [1.82, 2.24) is 10.9 Å². The maximum absolute atomic E-state index is 13.9. The van der Waals surface area contributed by atoms with Crippen LogP contribution in [0.1, 0.15) is 41.2 Å². The highest BCUT2D eigenvalue weighted by molar-refractivity contribution is 6.01. The van der Waals surface area contributed by atoms with Crippen molar-refractivity contribution in [1.29, 1.82) is 0 Å². The van der Waals surface area contributed by atoms with E-state index in [2.05, 4.69) is 27.5 Å². The first kappa shape index (κ1) is 30.2. The summed E-state index contributed by atoms with van der Waals surface area (Å²) >= 11 is 0. The number of carbonyl (C=O) groups excluding carboxylic acids is 1. The highest BCUT2D eigenvalue weighted by Gasteiger charge is 2.53. The molecule has 0 unspecified atom stereocenters. The number of hydrogen-bond acceptors (Lipinski definition) is 7. The van der Waals surface area contributed by atoms with Crippen LogP contribution in [-0.2, 0) is 22.6 Å². The number of aliphatic imine (C=N–C) groups is 1. The van der Waals surface area contributed by atoms with Crippen molar-refractivity contribution >= 4 is 11.8 Å². The summed E-state index contributed by atoms with van der Waals surface area (Å²) < 4.78 is 39.3. The number of halogens is 2. The normalized spacial score (nSPS) is 17.5. The fourth-order valence-electron chi connectivity index (χ4n) is 4.60. The molecule has 0 radical (unpaired) electrons. The summed E-state index contributed by atoms with van der Waals surface area (Å²) in [6.45, 7) is 4.18. The molecule has 0 spiro atoms. The zero-order valence-corrected chi connectivity index (χ0v) is 22.7. The van der Waals surface area contributed by atoms with Crippen LogP contribution in [0.5, 0.6) is 5.75 Å². The standard InChI is InChI=1S/C30H30F2N6O4/c1-2-12-30(29(40)37-34-18-20-15-23(31)17-24(32)16-20)27(26-7-4-3-6-22(26)19-35-38-33)42-28(36-30)21-8-10-25(11-9-21)41-14-5-13-39/h2-4,6-11,15-17,27,34,39H,1,5,12-14,18-19H2,(H,37,40)/t27-,30-/m0/s1. The van der Waals surface area contributed by atoms with Crippen LogP contribution in [-0.4, -0.2) is 35.7 Å². The van der Waals surface area contributed by atoms with E-state index < -0.39 is 29.2 Å². The Kier molecular flexibility index (Phi) is 10.2. The summed E-state index contributed by atoms with van der Waals surface area (Å²) in [5.41, 5.74) is 14.8. The van der Waals surface area contributed by atoms with Crippen LogP contribution in [0.15, 0.2) is 89.5 Å². The minimum Gasteiger partial charge on any atom is -0.494 e. The number of nitrogens with zero attached hydrogens (tertiary/aromatic N) is 4. The first-order valence-corrected chi connectivity index (χ1v) is 13.2. The van der Waals surface area contributed by atoms with Gasteiger partial charge in [0.1, 0.15) is 17.4 Å². The molecule has 0 saturated heterocycles. The topological polar surface area (TPSA) is 141 Å². The number of amides is 1. The predicted octanol–water partition coefficient (Wildman–Crippen LogP) is 5.19. The van der Waals surface area contributed by atoms with Crippen molar-refractivity contribution in [2.24, 2.45) is 10.1 Å². The van der Waals surface area contributed by atoms with Gasteiger partial charge in [-0.15, -0.1) is 6.58 Å². The molecule has 0 aromatic heterocycles. The highest BCUT2D eigenvalue weighted by atomic mass is 19.1. The van der Waals surface area contributed by atoms with E-state index in [0.29, 0.717) is 35.5 Å².